The summed E-state index contributed by atoms with van der Waals surface area (Å²) in [4.78, 5) is 11.9. The molecule has 0 aromatic carbocycles. The van der Waals surface area contributed by atoms with Crippen LogP contribution in [-0.2, 0) is 9.53 Å². The van der Waals surface area contributed by atoms with Crippen molar-refractivity contribution in [1.82, 2.24) is 5.32 Å². The Hall–Kier alpha value is -0.610. The van der Waals surface area contributed by atoms with Gasteiger partial charge in [0.2, 0.25) is 5.91 Å². The highest BCUT2D eigenvalue weighted by molar-refractivity contribution is 5.76. The van der Waals surface area contributed by atoms with Crippen molar-refractivity contribution in [2.75, 3.05) is 19.8 Å². The van der Waals surface area contributed by atoms with Crippen molar-refractivity contribution < 1.29 is 9.53 Å². The number of amides is 1. The Kier molecular flexibility index (Phi) is 5.92. The van der Waals surface area contributed by atoms with Crippen LogP contribution in [0.15, 0.2) is 0 Å². The highest BCUT2D eigenvalue weighted by Gasteiger charge is 2.26. The maximum absolute atomic E-state index is 11.9. The zero-order valence-electron chi connectivity index (χ0n) is 11.1. The topological polar surface area (TPSA) is 64.3 Å². The number of carbonyl (C=O) groups excluding carboxylic acids is 1. The Bertz CT molecular complexity index is 225. The summed E-state index contributed by atoms with van der Waals surface area (Å²) in [6.45, 7) is 6.32. The minimum atomic E-state index is -0.205. The van der Waals surface area contributed by atoms with Gasteiger partial charge in [0.05, 0.1) is 5.54 Å². The van der Waals surface area contributed by atoms with Crippen molar-refractivity contribution in [2.24, 2.45) is 11.7 Å². The van der Waals surface area contributed by atoms with Gasteiger partial charge in [0.15, 0.2) is 0 Å². The number of ether oxygens (including phenoxy) is 1. The molecule has 4 heteroatoms. The molecule has 17 heavy (non-hydrogen) atoms. The summed E-state index contributed by atoms with van der Waals surface area (Å²) in [5, 5.41) is 3.10. The quantitative estimate of drug-likeness (QED) is 0.710. The first-order valence-electron chi connectivity index (χ1n) is 6.74. The zero-order chi connectivity index (χ0) is 12.7. The van der Waals surface area contributed by atoms with E-state index in [0.717, 1.165) is 38.9 Å². The van der Waals surface area contributed by atoms with Crippen LogP contribution in [0.4, 0.5) is 0 Å². The zero-order valence-corrected chi connectivity index (χ0v) is 11.1. The predicted octanol–water partition coefficient (Wildman–Crippen LogP) is 1.44. The lowest BCUT2D eigenvalue weighted by atomic mass is 9.92. The first-order chi connectivity index (χ1) is 8.15. The third-order valence-corrected chi connectivity index (χ3v) is 3.95. The Morgan fingerprint density at radius 1 is 1.47 bits per heavy atom. The Morgan fingerprint density at radius 2 is 2.18 bits per heavy atom. The molecule has 1 atom stereocenters. The van der Waals surface area contributed by atoms with Crippen molar-refractivity contribution >= 4 is 5.91 Å². The molecule has 1 aliphatic heterocycles. The Morgan fingerprint density at radius 3 is 2.65 bits per heavy atom. The molecule has 3 N–H and O–H groups in total. The lowest BCUT2D eigenvalue weighted by Gasteiger charge is -2.31. The molecule has 0 bridgehead atoms. The molecule has 0 aromatic heterocycles. The van der Waals surface area contributed by atoms with Crippen LogP contribution < -0.4 is 11.1 Å². The minimum absolute atomic E-state index is 0.131. The second kappa shape index (κ2) is 6.97. The van der Waals surface area contributed by atoms with Crippen LogP contribution in [0.25, 0.3) is 0 Å². The SMILES string of the molecule is CCC(CC)(CN)NC(=O)CCC1CCOC1. The number of rotatable bonds is 7. The number of hydrogen-bond donors (Lipinski definition) is 2. The van der Waals surface area contributed by atoms with E-state index in [1.54, 1.807) is 0 Å². The van der Waals surface area contributed by atoms with Crippen molar-refractivity contribution in [1.29, 1.82) is 0 Å². The monoisotopic (exact) mass is 242 g/mol. The van der Waals surface area contributed by atoms with Crippen molar-refractivity contribution in [2.45, 2.75) is 51.5 Å². The second-order valence-electron chi connectivity index (χ2n) is 5.01. The molecular formula is C13H26N2O2. The van der Waals surface area contributed by atoms with Crippen molar-refractivity contribution in [3.8, 4) is 0 Å². The molecular weight excluding hydrogens is 216 g/mol. The molecule has 4 nitrogen and oxygen atoms in total. The molecule has 1 saturated heterocycles. The fourth-order valence-electron chi connectivity index (χ4n) is 2.27. The van der Waals surface area contributed by atoms with Crippen molar-refractivity contribution in [3.63, 3.8) is 0 Å². The van der Waals surface area contributed by atoms with E-state index < -0.39 is 0 Å². The van der Waals surface area contributed by atoms with Gasteiger partial charge in [0.1, 0.15) is 0 Å². The van der Waals surface area contributed by atoms with Gasteiger partial charge in [0.25, 0.3) is 0 Å². The summed E-state index contributed by atoms with van der Waals surface area (Å²) in [7, 11) is 0. The molecule has 1 rings (SSSR count). The van der Waals surface area contributed by atoms with Crippen LogP contribution in [0.2, 0.25) is 0 Å². The van der Waals surface area contributed by atoms with Gasteiger partial charge in [-0.25, -0.2) is 0 Å². The summed E-state index contributed by atoms with van der Waals surface area (Å²) in [6.07, 6.45) is 4.39. The first-order valence-corrected chi connectivity index (χ1v) is 6.74. The molecule has 1 amide bonds. The number of hydrogen-bond acceptors (Lipinski definition) is 3. The average Bonchev–Trinajstić information content (AvgIpc) is 2.87. The summed E-state index contributed by atoms with van der Waals surface area (Å²) < 4.78 is 5.30. The standard InChI is InChI=1S/C13H26N2O2/c1-3-13(4-2,10-14)15-12(16)6-5-11-7-8-17-9-11/h11H,3-10,14H2,1-2H3,(H,15,16). The molecule has 1 fully saturated rings. The maximum atomic E-state index is 11.9. The molecule has 0 aliphatic carbocycles. The second-order valence-corrected chi connectivity index (χ2v) is 5.01. The molecule has 1 unspecified atom stereocenters. The van der Waals surface area contributed by atoms with E-state index >= 15 is 0 Å². The molecule has 100 valence electrons. The lowest BCUT2D eigenvalue weighted by Crippen LogP contribution is -2.52. The first kappa shape index (κ1) is 14.5. The molecule has 0 radical (unpaired) electrons. The van der Waals surface area contributed by atoms with E-state index in [2.05, 4.69) is 19.2 Å². The van der Waals surface area contributed by atoms with Crippen LogP contribution in [-0.4, -0.2) is 31.2 Å². The van der Waals surface area contributed by atoms with Crippen LogP contribution >= 0.6 is 0 Å². The third kappa shape index (κ3) is 4.28. The summed E-state index contributed by atoms with van der Waals surface area (Å²) in [5.41, 5.74) is 5.56. The Labute approximate surface area is 104 Å². The van der Waals surface area contributed by atoms with Gasteiger partial charge in [-0.2, -0.15) is 0 Å². The normalized spacial score (nSPS) is 20.5. The van der Waals surface area contributed by atoms with Crippen molar-refractivity contribution in [3.05, 3.63) is 0 Å². The van der Waals surface area contributed by atoms with E-state index in [4.69, 9.17) is 10.5 Å². The summed E-state index contributed by atoms with van der Waals surface area (Å²) in [6, 6.07) is 0. The molecule has 1 aliphatic rings. The van der Waals surface area contributed by atoms with Gasteiger partial charge < -0.3 is 15.8 Å². The van der Waals surface area contributed by atoms with Crippen LogP contribution in [0.1, 0.15) is 46.0 Å². The lowest BCUT2D eigenvalue weighted by molar-refractivity contribution is -0.123. The van der Waals surface area contributed by atoms with Gasteiger partial charge >= 0.3 is 0 Å². The molecule has 0 aromatic rings. The van der Waals surface area contributed by atoms with E-state index in [1.165, 1.54) is 0 Å². The highest BCUT2D eigenvalue weighted by atomic mass is 16.5. The summed E-state index contributed by atoms with van der Waals surface area (Å²) in [5.74, 6) is 0.697. The fraction of sp³-hybridized carbons (Fsp3) is 0.923. The molecule has 0 saturated carbocycles. The van der Waals surface area contributed by atoms with Crippen LogP contribution in [0, 0.1) is 5.92 Å². The van der Waals surface area contributed by atoms with Gasteiger partial charge in [-0.05, 0) is 31.6 Å². The van der Waals surface area contributed by atoms with E-state index in [1.807, 2.05) is 0 Å². The van der Waals surface area contributed by atoms with Gasteiger partial charge in [-0.1, -0.05) is 13.8 Å². The van der Waals surface area contributed by atoms with Gasteiger partial charge in [0, 0.05) is 26.2 Å². The number of carbonyl (C=O) groups is 1. The summed E-state index contributed by atoms with van der Waals surface area (Å²) >= 11 is 0. The van der Waals surface area contributed by atoms with E-state index in [0.29, 0.717) is 18.9 Å². The number of nitrogens with one attached hydrogen (secondary N) is 1. The van der Waals surface area contributed by atoms with Gasteiger partial charge in [-0.15, -0.1) is 0 Å². The average molecular weight is 242 g/mol. The maximum Gasteiger partial charge on any atom is 0.220 e. The number of nitrogens with two attached hydrogens (primary N) is 1. The Balaban J connectivity index is 2.31. The predicted molar refractivity (Wildman–Crippen MR) is 68.7 cm³/mol. The van der Waals surface area contributed by atoms with Gasteiger partial charge in [-0.3, -0.25) is 4.79 Å². The smallest absolute Gasteiger partial charge is 0.220 e. The fourth-order valence-corrected chi connectivity index (χ4v) is 2.27. The van der Waals surface area contributed by atoms with Crippen LogP contribution in [0.5, 0.6) is 0 Å². The molecule has 0 spiro atoms. The van der Waals surface area contributed by atoms with E-state index in [-0.39, 0.29) is 11.4 Å². The van der Waals surface area contributed by atoms with Crippen LogP contribution in [0.3, 0.4) is 0 Å². The largest absolute Gasteiger partial charge is 0.381 e. The third-order valence-electron chi connectivity index (χ3n) is 3.95. The minimum Gasteiger partial charge on any atom is -0.381 e. The highest BCUT2D eigenvalue weighted by Crippen LogP contribution is 2.19. The van der Waals surface area contributed by atoms with E-state index in [9.17, 15) is 4.79 Å². The molecule has 1 heterocycles.